The summed E-state index contributed by atoms with van der Waals surface area (Å²) in [5, 5.41) is 10.2. The fraction of sp³-hybridized carbons (Fsp3) is 1.00. The van der Waals surface area contributed by atoms with Crippen LogP contribution in [0, 0.1) is 0 Å². The lowest BCUT2D eigenvalue weighted by Crippen LogP contribution is -2.50. The van der Waals surface area contributed by atoms with Crippen molar-refractivity contribution in [2.75, 3.05) is 26.4 Å². The summed E-state index contributed by atoms with van der Waals surface area (Å²) in [7, 11) is 0. The maximum absolute atomic E-state index is 10.2. The smallest absolute Gasteiger partial charge is 0.334 e. The molecule has 1 N–H and O–H groups in total. The fourth-order valence-electron chi connectivity index (χ4n) is 1.34. The molecular formula is C12H26O5. The van der Waals surface area contributed by atoms with Crippen molar-refractivity contribution in [3.05, 3.63) is 0 Å². The Morgan fingerprint density at radius 3 is 1.94 bits per heavy atom. The van der Waals surface area contributed by atoms with E-state index in [2.05, 4.69) is 6.92 Å². The summed E-state index contributed by atoms with van der Waals surface area (Å²) in [5.74, 6) is -1.83. The van der Waals surface area contributed by atoms with Crippen LogP contribution in [-0.2, 0) is 18.9 Å². The number of hydrogen-bond donors (Lipinski definition) is 1. The number of unbranched alkanes of at least 4 members (excludes halogenated alkanes) is 1. The van der Waals surface area contributed by atoms with Crippen molar-refractivity contribution in [1.29, 1.82) is 0 Å². The van der Waals surface area contributed by atoms with Crippen LogP contribution in [0.4, 0.5) is 0 Å². The van der Waals surface area contributed by atoms with Crippen LogP contribution in [0.3, 0.4) is 0 Å². The molecule has 0 bridgehead atoms. The largest absolute Gasteiger partial charge is 0.346 e. The predicted octanol–water partition coefficient (Wildman–Crippen LogP) is 1.88. The van der Waals surface area contributed by atoms with Gasteiger partial charge in [0, 0.05) is 19.8 Å². The van der Waals surface area contributed by atoms with E-state index in [1.165, 1.54) is 0 Å². The Kier molecular flexibility index (Phi) is 9.68. The molecule has 0 rings (SSSR count). The Morgan fingerprint density at radius 2 is 1.53 bits per heavy atom. The van der Waals surface area contributed by atoms with Gasteiger partial charge in [0.05, 0.1) is 6.61 Å². The number of hydrogen-bond acceptors (Lipinski definition) is 5. The van der Waals surface area contributed by atoms with Gasteiger partial charge in [-0.2, -0.15) is 0 Å². The minimum absolute atomic E-state index is 0.317. The van der Waals surface area contributed by atoms with Crippen molar-refractivity contribution in [1.82, 2.24) is 0 Å². The molecule has 0 aliphatic rings. The minimum Gasteiger partial charge on any atom is -0.346 e. The van der Waals surface area contributed by atoms with Crippen molar-refractivity contribution in [2.45, 2.75) is 52.8 Å². The highest BCUT2D eigenvalue weighted by atomic mass is 16.9. The fourth-order valence-corrected chi connectivity index (χ4v) is 1.34. The molecule has 5 nitrogen and oxygen atoms in total. The zero-order chi connectivity index (χ0) is 13.1. The lowest BCUT2D eigenvalue weighted by Gasteiger charge is -2.33. The molecule has 1 atom stereocenters. The Morgan fingerprint density at radius 1 is 0.941 bits per heavy atom. The second-order valence-corrected chi connectivity index (χ2v) is 3.51. The van der Waals surface area contributed by atoms with Crippen LogP contribution < -0.4 is 0 Å². The lowest BCUT2D eigenvalue weighted by atomic mass is 10.3. The zero-order valence-corrected chi connectivity index (χ0v) is 11.4. The monoisotopic (exact) mass is 250 g/mol. The van der Waals surface area contributed by atoms with Gasteiger partial charge < -0.3 is 24.1 Å². The van der Waals surface area contributed by atoms with Gasteiger partial charge in [0.1, 0.15) is 0 Å². The lowest BCUT2D eigenvalue weighted by molar-refractivity contribution is -0.440. The van der Waals surface area contributed by atoms with Crippen molar-refractivity contribution in [3.63, 3.8) is 0 Å². The molecule has 0 amide bonds. The molecule has 0 aromatic heterocycles. The van der Waals surface area contributed by atoms with E-state index in [1.807, 2.05) is 6.92 Å². The molecule has 17 heavy (non-hydrogen) atoms. The topological polar surface area (TPSA) is 57.2 Å². The molecule has 5 heteroatoms. The van der Waals surface area contributed by atoms with E-state index < -0.39 is 12.3 Å². The van der Waals surface area contributed by atoms with Gasteiger partial charge in [0.15, 0.2) is 0 Å². The van der Waals surface area contributed by atoms with E-state index in [-0.39, 0.29) is 0 Å². The van der Waals surface area contributed by atoms with Crippen LogP contribution in [-0.4, -0.2) is 43.8 Å². The normalized spacial score (nSPS) is 13.9. The summed E-state index contributed by atoms with van der Waals surface area (Å²) in [4.78, 5) is 0. The van der Waals surface area contributed by atoms with Gasteiger partial charge in [-0.3, -0.25) is 0 Å². The number of ether oxygens (including phenoxy) is 4. The van der Waals surface area contributed by atoms with E-state index in [1.54, 1.807) is 13.8 Å². The average molecular weight is 250 g/mol. The molecule has 1 unspecified atom stereocenters. The quantitative estimate of drug-likeness (QED) is 0.448. The summed E-state index contributed by atoms with van der Waals surface area (Å²) < 4.78 is 21.2. The highest BCUT2D eigenvalue weighted by Gasteiger charge is 2.41. The summed E-state index contributed by atoms with van der Waals surface area (Å²) in [6.07, 6.45) is 0.997. The molecule has 0 saturated carbocycles. The van der Waals surface area contributed by atoms with Crippen LogP contribution in [0.2, 0.25) is 0 Å². The highest BCUT2D eigenvalue weighted by Crippen LogP contribution is 2.19. The number of aliphatic hydroxyl groups is 1. The first-order valence-electron chi connectivity index (χ1n) is 6.38. The van der Waals surface area contributed by atoms with Gasteiger partial charge in [-0.05, 0) is 27.2 Å². The van der Waals surface area contributed by atoms with Crippen LogP contribution in [0.15, 0.2) is 0 Å². The van der Waals surface area contributed by atoms with E-state index in [4.69, 9.17) is 18.9 Å². The van der Waals surface area contributed by atoms with Crippen LogP contribution in [0.5, 0.6) is 0 Å². The van der Waals surface area contributed by atoms with Crippen LogP contribution in [0.1, 0.15) is 40.5 Å². The van der Waals surface area contributed by atoms with Crippen molar-refractivity contribution in [3.8, 4) is 0 Å². The molecule has 0 spiro atoms. The van der Waals surface area contributed by atoms with Gasteiger partial charge in [0.2, 0.25) is 6.29 Å². The van der Waals surface area contributed by atoms with Gasteiger partial charge in [0.25, 0.3) is 0 Å². The molecule has 0 radical (unpaired) electrons. The van der Waals surface area contributed by atoms with Crippen molar-refractivity contribution in [2.24, 2.45) is 0 Å². The highest BCUT2D eigenvalue weighted by molar-refractivity contribution is 4.61. The molecular weight excluding hydrogens is 224 g/mol. The Balaban J connectivity index is 4.45. The molecule has 0 aliphatic heterocycles. The van der Waals surface area contributed by atoms with E-state index in [0.717, 1.165) is 12.8 Å². The van der Waals surface area contributed by atoms with Gasteiger partial charge in [-0.25, -0.2) is 0 Å². The molecule has 0 saturated heterocycles. The third-order valence-corrected chi connectivity index (χ3v) is 2.09. The average Bonchev–Trinajstić information content (AvgIpc) is 2.29. The molecule has 0 aromatic carbocycles. The summed E-state index contributed by atoms with van der Waals surface area (Å²) in [6, 6.07) is 0. The Hall–Kier alpha value is -0.200. The van der Waals surface area contributed by atoms with E-state index in [9.17, 15) is 5.11 Å². The molecule has 104 valence electrons. The maximum Gasteiger partial charge on any atom is 0.334 e. The molecule has 0 aromatic rings. The zero-order valence-electron chi connectivity index (χ0n) is 11.4. The minimum atomic E-state index is -1.83. The Labute approximate surface area is 104 Å². The summed E-state index contributed by atoms with van der Waals surface area (Å²) in [6.45, 7) is 9.00. The predicted molar refractivity (Wildman–Crippen MR) is 64.5 cm³/mol. The molecule has 0 aliphatic carbocycles. The van der Waals surface area contributed by atoms with E-state index in [0.29, 0.717) is 26.4 Å². The van der Waals surface area contributed by atoms with Crippen molar-refractivity contribution >= 4 is 0 Å². The van der Waals surface area contributed by atoms with Gasteiger partial charge in [-0.1, -0.05) is 13.3 Å². The first-order chi connectivity index (χ1) is 8.14. The summed E-state index contributed by atoms with van der Waals surface area (Å²) in [5.41, 5.74) is 0. The van der Waals surface area contributed by atoms with Gasteiger partial charge >= 0.3 is 5.97 Å². The molecule has 0 fully saturated rings. The van der Waals surface area contributed by atoms with Gasteiger partial charge in [-0.15, -0.1) is 0 Å². The SMILES string of the molecule is CCCCOC(OCC)C(O)(OCC)OCC. The standard InChI is InChI=1S/C12H26O5/c1-5-9-10-15-11(14-6-2)12(13,16-7-3)17-8-4/h11,13H,5-10H2,1-4H3. The third kappa shape index (κ3) is 6.33. The van der Waals surface area contributed by atoms with E-state index >= 15 is 0 Å². The molecule has 0 heterocycles. The second-order valence-electron chi connectivity index (χ2n) is 3.51. The number of rotatable bonds is 11. The first-order valence-corrected chi connectivity index (χ1v) is 6.38. The van der Waals surface area contributed by atoms with Crippen LogP contribution in [0.25, 0.3) is 0 Å². The maximum atomic E-state index is 10.2. The first kappa shape index (κ1) is 16.8. The summed E-state index contributed by atoms with van der Waals surface area (Å²) >= 11 is 0. The second kappa shape index (κ2) is 9.79. The van der Waals surface area contributed by atoms with Crippen molar-refractivity contribution < 1.29 is 24.1 Å². The van der Waals surface area contributed by atoms with Crippen LogP contribution >= 0.6 is 0 Å². The third-order valence-electron chi connectivity index (χ3n) is 2.09. The Bertz CT molecular complexity index is 168.